The Hall–Kier alpha value is -3.61. The number of aromatic nitrogens is 2. The van der Waals surface area contributed by atoms with E-state index in [-0.39, 0.29) is 18.9 Å². The number of aliphatic carboxylic acids is 1. The second kappa shape index (κ2) is 7.79. The molecule has 0 unspecified atom stereocenters. The lowest BCUT2D eigenvalue weighted by molar-refractivity contribution is -0.139. The number of fused-ring (bicyclic) bond motifs is 3. The second-order valence-corrected chi connectivity index (χ2v) is 7.09. The number of amides is 1. The van der Waals surface area contributed by atoms with E-state index in [0.29, 0.717) is 0 Å². The summed E-state index contributed by atoms with van der Waals surface area (Å²) in [6.45, 7) is 0.138. The van der Waals surface area contributed by atoms with Crippen molar-refractivity contribution in [3.8, 4) is 11.1 Å². The predicted molar refractivity (Wildman–Crippen MR) is 107 cm³/mol. The van der Waals surface area contributed by atoms with Crippen LogP contribution in [-0.4, -0.2) is 39.6 Å². The highest BCUT2D eigenvalue weighted by Crippen LogP contribution is 2.44. The Morgan fingerprint density at radius 2 is 1.76 bits per heavy atom. The van der Waals surface area contributed by atoms with Crippen LogP contribution in [0.25, 0.3) is 11.1 Å². The summed E-state index contributed by atoms with van der Waals surface area (Å²) in [5, 5.41) is 15.9. The van der Waals surface area contributed by atoms with Gasteiger partial charge in [0.2, 0.25) is 0 Å². The molecule has 4 rings (SSSR count). The third-order valence-corrected chi connectivity index (χ3v) is 5.13. The predicted octanol–water partition coefficient (Wildman–Crippen LogP) is 2.95. The smallest absolute Gasteiger partial charge is 0.407 e. The van der Waals surface area contributed by atoms with Crippen molar-refractivity contribution in [3.05, 3.63) is 77.6 Å². The minimum atomic E-state index is -1.12. The third kappa shape index (κ3) is 3.85. The van der Waals surface area contributed by atoms with Crippen molar-refractivity contribution in [1.29, 1.82) is 0 Å². The number of carboxylic acid groups (broad SMARTS) is 1. The fourth-order valence-electron chi connectivity index (χ4n) is 3.80. The fraction of sp³-hybridized carbons (Fsp3) is 0.227. The van der Waals surface area contributed by atoms with Crippen LogP contribution in [0, 0.1) is 0 Å². The van der Waals surface area contributed by atoms with Crippen LogP contribution in [0.5, 0.6) is 0 Å². The van der Waals surface area contributed by atoms with E-state index in [1.807, 2.05) is 36.4 Å². The lowest BCUT2D eigenvalue weighted by atomic mass is 9.98. The van der Waals surface area contributed by atoms with E-state index in [1.54, 1.807) is 24.1 Å². The van der Waals surface area contributed by atoms with Gasteiger partial charge in [-0.05, 0) is 27.8 Å². The van der Waals surface area contributed by atoms with Gasteiger partial charge in [-0.1, -0.05) is 48.5 Å². The van der Waals surface area contributed by atoms with Crippen LogP contribution in [-0.2, 0) is 23.0 Å². The Bertz CT molecular complexity index is 1010. The maximum atomic E-state index is 12.3. The Morgan fingerprint density at radius 3 is 2.31 bits per heavy atom. The minimum Gasteiger partial charge on any atom is -0.480 e. The van der Waals surface area contributed by atoms with E-state index >= 15 is 0 Å². The number of ether oxygens (including phenoxy) is 1. The van der Waals surface area contributed by atoms with E-state index in [9.17, 15) is 14.7 Å². The molecular weight excluding hydrogens is 370 g/mol. The van der Waals surface area contributed by atoms with Gasteiger partial charge in [-0.25, -0.2) is 9.59 Å². The number of carboxylic acids is 1. The summed E-state index contributed by atoms with van der Waals surface area (Å²) in [7, 11) is 1.75. The van der Waals surface area contributed by atoms with Crippen molar-refractivity contribution >= 4 is 12.1 Å². The monoisotopic (exact) mass is 391 g/mol. The Kier molecular flexibility index (Phi) is 5.03. The number of carbonyl (C=O) groups excluding carboxylic acids is 1. The van der Waals surface area contributed by atoms with Crippen LogP contribution in [0.2, 0.25) is 0 Å². The first-order valence-corrected chi connectivity index (χ1v) is 9.35. The number of alkyl carbamates (subject to hydrolysis) is 1. The standard InChI is InChI=1S/C22H21N3O4/c1-25-12-14(11-23-25)10-20(21(26)27)24-22(28)29-13-19-17-8-4-2-6-15(17)16-7-3-5-9-18(16)19/h2-9,11-12,19-20H,10,13H2,1H3,(H,24,28)(H,26,27)/t20-/m0/s1. The molecule has 1 aromatic heterocycles. The van der Waals surface area contributed by atoms with Gasteiger partial charge in [-0.15, -0.1) is 0 Å². The quantitative estimate of drug-likeness (QED) is 0.674. The molecule has 3 aromatic rings. The molecule has 0 saturated heterocycles. The second-order valence-electron chi connectivity index (χ2n) is 7.09. The largest absolute Gasteiger partial charge is 0.480 e. The Balaban J connectivity index is 1.43. The number of aryl methyl sites for hydroxylation is 1. The molecule has 1 atom stereocenters. The highest BCUT2D eigenvalue weighted by molar-refractivity contribution is 5.81. The van der Waals surface area contributed by atoms with Crippen LogP contribution >= 0.6 is 0 Å². The normalized spacial score (nSPS) is 13.4. The molecule has 0 fully saturated rings. The lowest BCUT2D eigenvalue weighted by Gasteiger charge is -2.17. The molecule has 0 spiro atoms. The highest BCUT2D eigenvalue weighted by atomic mass is 16.5. The van der Waals surface area contributed by atoms with Gasteiger partial charge >= 0.3 is 12.1 Å². The SMILES string of the molecule is Cn1cc(C[C@H](NC(=O)OCC2c3ccccc3-c3ccccc32)C(=O)O)cn1. The molecule has 148 valence electrons. The molecule has 2 aromatic carbocycles. The van der Waals surface area contributed by atoms with E-state index < -0.39 is 18.1 Å². The van der Waals surface area contributed by atoms with Crippen LogP contribution in [0.3, 0.4) is 0 Å². The summed E-state index contributed by atoms with van der Waals surface area (Å²) in [6.07, 6.45) is 2.68. The number of rotatable bonds is 6. The maximum absolute atomic E-state index is 12.3. The number of carbonyl (C=O) groups is 2. The zero-order valence-corrected chi connectivity index (χ0v) is 15.9. The van der Waals surface area contributed by atoms with Gasteiger partial charge in [0.05, 0.1) is 6.20 Å². The fourth-order valence-corrected chi connectivity index (χ4v) is 3.80. The van der Waals surface area contributed by atoms with Crippen molar-refractivity contribution in [3.63, 3.8) is 0 Å². The molecule has 2 N–H and O–H groups in total. The van der Waals surface area contributed by atoms with E-state index in [4.69, 9.17) is 4.74 Å². The summed E-state index contributed by atoms with van der Waals surface area (Å²) in [4.78, 5) is 23.9. The first-order valence-electron chi connectivity index (χ1n) is 9.35. The number of nitrogens with zero attached hydrogens (tertiary/aromatic N) is 2. The topological polar surface area (TPSA) is 93.5 Å². The Labute approximate surface area is 167 Å². The minimum absolute atomic E-state index is 0.0743. The van der Waals surface area contributed by atoms with E-state index in [2.05, 4.69) is 22.5 Å². The summed E-state index contributed by atoms with van der Waals surface area (Å²) >= 11 is 0. The first kappa shape index (κ1) is 18.7. The number of hydrogen-bond acceptors (Lipinski definition) is 4. The maximum Gasteiger partial charge on any atom is 0.407 e. The number of benzene rings is 2. The average Bonchev–Trinajstić information content (AvgIpc) is 3.27. The summed E-state index contributed by atoms with van der Waals surface area (Å²) in [6, 6.07) is 15.0. The van der Waals surface area contributed by atoms with Gasteiger partial charge in [-0.2, -0.15) is 5.10 Å². The van der Waals surface area contributed by atoms with Crippen LogP contribution < -0.4 is 5.32 Å². The van der Waals surface area contributed by atoms with Gasteiger partial charge in [0.1, 0.15) is 12.6 Å². The van der Waals surface area contributed by atoms with Gasteiger partial charge < -0.3 is 15.2 Å². The van der Waals surface area contributed by atoms with Crippen molar-refractivity contribution in [1.82, 2.24) is 15.1 Å². The molecule has 1 heterocycles. The summed E-state index contributed by atoms with van der Waals surface area (Å²) in [5.74, 6) is -1.20. The van der Waals surface area contributed by atoms with Crippen LogP contribution in [0.1, 0.15) is 22.6 Å². The van der Waals surface area contributed by atoms with Gasteiger partial charge in [0.25, 0.3) is 0 Å². The average molecular weight is 391 g/mol. The zero-order valence-electron chi connectivity index (χ0n) is 15.9. The molecule has 0 radical (unpaired) electrons. The summed E-state index contributed by atoms with van der Waals surface area (Å²) < 4.78 is 7.01. The molecule has 29 heavy (non-hydrogen) atoms. The molecule has 1 amide bonds. The third-order valence-electron chi connectivity index (χ3n) is 5.13. The molecule has 7 nitrogen and oxygen atoms in total. The molecule has 1 aliphatic rings. The van der Waals surface area contributed by atoms with Crippen LogP contribution in [0.15, 0.2) is 60.9 Å². The van der Waals surface area contributed by atoms with E-state index in [1.165, 1.54) is 0 Å². The van der Waals surface area contributed by atoms with Crippen LogP contribution in [0.4, 0.5) is 4.79 Å². The lowest BCUT2D eigenvalue weighted by Crippen LogP contribution is -2.42. The molecule has 0 bridgehead atoms. The molecule has 7 heteroatoms. The number of nitrogens with one attached hydrogen (secondary N) is 1. The Morgan fingerprint density at radius 1 is 1.14 bits per heavy atom. The van der Waals surface area contributed by atoms with E-state index in [0.717, 1.165) is 27.8 Å². The van der Waals surface area contributed by atoms with Crippen molar-refractivity contribution in [2.75, 3.05) is 6.61 Å². The number of hydrogen-bond donors (Lipinski definition) is 2. The van der Waals surface area contributed by atoms with Crippen molar-refractivity contribution in [2.24, 2.45) is 7.05 Å². The molecular formula is C22H21N3O4. The van der Waals surface area contributed by atoms with Gasteiger partial charge in [0, 0.05) is 25.6 Å². The zero-order chi connectivity index (χ0) is 20.4. The molecule has 0 saturated carbocycles. The molecule has 1 aliphatic carbocycles. The van der Waals surface area contributed by atoms with Gasteiger partial charge in [0.15, 0.2) is 0 Å². The van der Waals surface area contributed by atoms with Gasteiger partial charge in [-0.3, -0.25) is 4.68 Å². The van der Waals surface area contributed by atoms with Crippen molar-refractivity contribution < 1.29 is 19.4 Å². The summed E-state index contributed by atoms with van der Waals surface area (Å²) in [5.41, 5.74) is 5.20. The highest BCUT2D eigenvalue weighted by Gasteiger charge is 2.29. The van der Waals surface area contributed by atoms with Crippen molar-refractivity contribution in [2.45, 2.75) is 18.4 Å². The molecule has 0 aliphatic heterocycles. The first-order chi connectivity index (χ1) is 14.0.